The summed E-state index contributed by atoms with van der Waals surface area (Å²) in [5.74, 6) is -0.113. The van der Waals surface area contributed by atoms with Crippen molar-refractivity contribution in [3.63, 3.8) is 0 Å². The smallest absolute Gasteiger partial charge is 0.179 e. The summed E-state index contributed by atoms with van der Waals surface area (Å²) in [6, 6.07) is 10.8. The molecule has 0 bridgehead atoms. The average Bonchev–Trinajstić information content (AvgIpc) is 2.68. The second-order valence-electron chi connectivity index (χ2n) is 7.55. The first-order chi connectivity index (χ1) is 13.0. The maximum absolute atomic E-state index is 13.6. The molecule has 0 aliphatic heterocycles. The van der Waals surface area contributed by atoms with E-state index in [1.807, 2.05) is 19.9 Å². The summed E-state index contributed by atoms with van der Waals surface area (Å²) in [7, 11) is 0. The van der Waals surface area contributed by atoms with Crippen LogP contribution in [-0.2, 0) is 0 Å². The number of benzene rings is 2. The van der Waals surface area contributed by atoms with Gasteiger partial charge < -0.3 is 5.32 Å². The number of rotatable bonds is 6. The standard InChI is InChI=1S/C23H27F2NO.ClH/c1-3-22(23(27)17-5-10-18(24)11-6-17)26-20-12-7-16(8-13-20)21-14-19(25)9-4-15(21)2;/h4-6,9-11,14,16,20,22,26H,3,7-8,12-13H2,1-2H3;1H. The highest BCUT2D eigenvalue weighted by molar-refractivity contribution is 6.00. The van der Waals surface area contributed by atoms with Gasteiger partial charge in [0.15, 0.2) is 5.78 Å². The quantitative estimate of drug-likeness (QED) is 0.597. The van der Waals surface area contributed by atoms with Crippen molar-refractivity contribution in [2.24, 2.45) is 0 Å². The lowest BCUT2D eigenvalue weighted by Gasteiger charge is -2.32. The van der Waals surface area contributed by atoms with E-state index in [0.717, 1.165) is 36.8 Å². The van der Waals surface area contributed by atoms with Crippen LogP contribution in [-0.4, -0.2) is 17.9 Å². The number of ketones is 1. The van der Waals surface area contributed by atoms with Crippen molar-refractivity contribution in [3.05, 3.63) is 70.8 Å². The summed E-state index contributed by atoms with van der Waals surface area (Å²) >= 11 is 0. The minimum absolute atomic E-state index is 0. The van der Waals surface area contributed by atoms with Gasteiger partial charge in [0.05, 0.1) is 6.04 Å². The molecular weight excluding hydrogens is 380 g/mol. The van der Waals surface area contributed by atoms with Crippen LogP contribution in [0.25, 0.3) is 0 Å². The predicted octanol–water partition coefficient (Wildman–Crippen LogP) is 5.97. The fraction of sp³-hybridized carbons (Fsp3) is 0.435. The number of halogens is 3. The van der Waals surface area contributed by atoms with E-state index >= 15 is 0 Å². The first-order valence-corrected chi connectivity index (χ1v) is 9.79. The lowest BCUT2D eigenvalue weighted by atomic mass is 9.80. The summed E-state index contributed by atoms with van der Waals surface area (Å²) in [5.41, 5.74) is 2.80. The fourth-order valence-electron chi connectivity index (χ4n) is 4.10. The van der Waals surface area contributed by atoms with Gasteiger partial charge in [0.2, 0.25) is 0 Å². The van der Waals surface area contributed by atoms with E-state index in [9.17, 15) is 13.6 Å². The zero-order valence-electron chi connectivity index (χ0n) is 16.4. The summed E-state index contributed by atoms with van der Waals surface area (Å²) in [4.78, 5) is 12.7. The topological polar surface area (TPSA) is 29.1 Å². The maximum Gasteiger partial charge on any atom is 0.179 e. The predicted molar refractivity (Wildman–Crippen MR) is 111 cm³/mol. The van der Waals surface area contributed by atoms with Crippen molar-refractivity contribution < 1.29 is 13.6 Å². The van der Waals surface area contributed by atoms with Gasteiger partial charge >= 0.3 is 0 Å². The largest absolute Gasteiger partial charge is 0.304 e. The van der Waals surface area contributed by atoms with Crippen molar-refractivity contribution in [2.75, 3.05) is 0 Å². The molecule has 5 heteroatoms. The lowest BCUT2D eigenvalue weighted by Crippen LogP contribution is -2.44. The van der Waals surface area contributed by atoms with Crippen molar-refractivity contribution >= 4 is 18.2 Å². The van der Waals surface area contributed by atoms with Gasteiger partial charge in [-0.05, 0) is 92.5 Å². The number of nitrogens with one attached hydrogen (secondary N) is 1. The van der Waals surface area contributed by atoms with Crippen molar-refractivity contribution in [3.8, 4) is 0 Å². The Balaban J connectivity index is 0.00000280. The van der Waals surface area contributed by atoms with Gasteiger partial charge in [-0.15, -0.1) is 12.4 Å². The van der Waals surface area contributed by atoms with Crippen LogP contribution in [0.1, 0.15) is 66.4 Å². The van der Waals surface area contributed by atoms with Crippen LogP contribution in [0.5, 0.6) is 0 Å². The normalized spacial score (nSPS) is 20.3. The van der Waals surface area contributed by atoms with Crippen LogP contribution in [0, 0.1) is 18.6 Å². The summed E-state index contributed by atoms with van der Waals surface area (Å²) in [6.45, 7) is 4.02. The molecule has 152 valence electrons. The Morgan fingerprint density at radius 1 is 1.04 bits per heavy atom. The van der Waals surface area contributed by atoms with E-state index in [4.69, 9.17) is 0 Å². The zero-order chi connectivity index (χ0) is 19.4. The van der Waals surface area contributed by atoms with E-state index < -0.39 is 0 Å². The van der Waals surface area contributed by atoms with Gasteiger partial charge in [-0.2, -0.15) is 0 Å². The van der Waals surface area contributed by atoms with E-state index in [1.165, 1.54) is 18.2 Å². The minimum atomic E-state index is -0.335. The Morgan fingerprint density at radius 2 is 1.64 bits per heavy atom. The van der Waals surface area contributed by atoms with Gasteiger partial charge in [-0.25, -0.2) is 8.78 Å². The van der Waals surface area contributed by atoms with Crippen LogP contribution in [0.3, 0.4) is 0 Å². The van der Waals surface area contributed by atoms with Crippen LogP contribution >= 0.6 is 12.4 Å². The molecule has 2 nitrogen and oxygen atoms in total. The molecule has 1 atom stereocenters. The molecule has 3 rings (SSSR count). The molecule has 1 N–H and O–H groups in total. The fourth-order valence-corrected chi connectivity index (χ4v) is 4.10. The average molecular weight is 408 g/mol. The zero-order valence-corrected chi connectivity index (χ0v) is 17.2. The SMILES string of the molecule is CCC(NC1CCC(c2cc(F)ccc2C)CC1)C(=O)c1ccc(F)cc1.Cl. The van der Waals surface area contributed by atoms with Gasteiger partial charge in [0, 0.05) is 11.6 Å². The Morgan fingerprint density at radius 3 is 2.25 bits per heavy atom. The summed E-state index contributed by atoms with van der Waals surface area (Å²) < 4.78 is 26.7. The Kier molecular flexibility index (Phi) is 8.14. The molecule has 2 aromatic carbocycles. The molecule has 1 fully saturated rings. The number of Topliss-reactive ketones (excluding diaryl/α,β-unsaturated/α-hetero) is 1. The van der Waals surface area contributed by atoms with Gasteiger partial charge in [0.1, 0.15) is 11.6 Å². The molecule has 0 amide bonds. The first-order valence-electron chi connectivity index (χ1n) is 9.79. The maximum atomic E-state index is 13.6. The molecule has 1 unspecified atom stereocenters. The number of carbonyl (C=O) groups is 1. The molecule has 1 aliphatic carbocycles. The second kappa shape index (κ2) is 10.1. The third-order valence-corrected chi connectivity index (χ3v) is 5.70. The summed E-state index contributed by atoms with van der Waals surface area (Å²) in [6.07, 6.45) is 4.60. The third-order valence-electron chi connectivity index (χ3n) is 5.70. The van der Waals surface area contributed by atoms with Crippen LogP contribution in [0.4, 0.5) is 8.78 Å². The van der Waals surface area contributed by atoms with E-state index in [1.54, 1.807) is 18.2 Å². The first kappa shape index (κ1) is 22.5. The molecule has 2 aromatic rings. The van der Waals surface area contributed by atoms with Gasteiger partial charge in [0.25, 0.3) is 0 Å². The highest BCUT2D eigenvalue weighted by Crippen LogP contribution is 2.35. The molecule has 0 saturated heterocycles. The monoisotopic (exact) mass is 407 g/mol. The van der Waals surface area contributed by atoms with Crippen LogP contribution < -0.4 is 5.32 Å². The van der Waals surface area contributed by atoms with Crippen molar-refractivity contribution in [1.29, 1.82) is 0 Å². The number of hydrogen-bond donors (Lipinski definition) is 1. The van der Waals surface area contributed by atoms with E-state index in [-0.39, 0.29) is 41.9 Å². The molecule has 0 heterocycles. The highest BCUT2D eigenvalue weighted by atomic mass is 35.5. The number of carbonyl (C=O) groups excluding carboxylic acids is 1. The molecule has 28 heavy (non-hydrogen) atoms. The minimum Gasteiger partial charge on any atom is -0.304 e. The Labute approximate surface area is 172 Å². The molecule has 1 aliphatic rings. The van der Waals surface area contributed by atoms with Crippen molar-refractivity contribution in [2.45, 2.75) is 64.0 Å². The molecule has 0 aromatic heterocycles. The van der Waals surface area contributed by atoms with Gasteiger partial charge in [-0.1, -0.05) is 13.0 Å². The highest BCUT2D eigenvalue weighted by Gasteiger charge is 2.27. The number of aryl methyl sites for hydroxylation is 1. The molecule has 0 spiro atoms. The van der Waals surface area contributed by atoms with Crippen molar-refractivity contribution in [1.82, 2.24) is 5.32 Å². The Bertz CT molecular complexity index is 786. The molecule has 0 radical (unpaired) electrons. The lowest BCUT2D eigenvalue weighted by molar-refractivity contribution is 0.0927. The van der Waals surface area contributed by atoms with Gasteiger partial charge in [-0.3, -0.25) is 4.79 Å². The van der Waals surface area contributed by atoms with Crippen LogP contribution in [0.2, 0.25) is 0 Å². The number of hydrogen-bond acceptors (Lipinski definition) is 2. The summed E-state index contributed by atoms with van der Waals surface area (Å²) in [5, 5.41) is 3.50. The molecular formula is C23H28ClF2NO. The van der Waals surface area contributed by atoms with Crippen LogP contribution in [0.15, 0.2) is 42.5 Å². The second-order valence-corrected chi connectivity index (χ2v) is 7.55. The Hall–Kier alpha value is -1.78. The third kappa shape index (κ3) is 5.39. The van der Waals surface area contributed by atoms with E-state index in [0.29, 0.717) is 17.9 Å². The molecule has 1 saturated carbocycles. The van der Waals surface area contributed by atoms with E-state index in [2.05, 4.69) is 5.32 Å².